The van der Waals surface area contributed by atoms with Gasteiger partial charge < -0.3 is 14.5 Å². The van der Waals surface area contributed by atoms with Gasteiger partial charge in [0.15, 0.2) is 16.1 Å². The summed E-state index contributed by atoms with van der Waals surface area (Å²) in [7, 11) is 1.79. The lowest BCUT2D eigenvalue weighted by molar-refractivity contribution is -0.113. The lowest BCUT2D eigenvalue weighted by Gasteiger charge is -2.06. The van der Waals surface area contributed by atoms with Crippen LogP contribution in [0, 0.1) is 6.92 Å². The first kappa shape index (κ1) is 20.3. The number of thiazole rings is 1. The molecule has 10 heteroatoms. The smallest absolute Gasteiger partial charge is 0.261 e. The van der Waals surface area contributed by atoms with E-state index >= 15 is 0 Å². The molecule has 0 bridgehead atoms. The maximum absolute atomic E-state index is 12.5. The van der Waals surface area contributed by atoms with E-state index in [0.29, 0.717) is 28.2 Å². The Bertz CT molecular complexity index is 1290. The van der Waals surface area contributed by atoms with Crippen LogP contribution in [0.2, 0.25) is 0 Å². The number of hydrogen-bond acceptors (Lipinski definition) is 7. The van der Waals surface area contributed by atoms with Gasteiger partial charge in [0.05, 0.1) is 21.5 Å². The second-order valence-corrected chi connectivity index (χ2v) is 8.68. The Labute approximate surface area is 181 Å². The van der Waals surface area contributed by atoms with Gasteiger partial charge in [0.1, 0.15) is 0 Å². The Hall–Kier alpha value is -2.98. The number of fused-ring (bicyclic) bond motifs is 1. The quantitative estimate of drug-likeness (QED) is 0.462. The van der Waals surface area contributed by atoms with Crippen molar-refractivity contribution in [3.8, 4) is 11.4 Å². The molecule has 4 rings (SSSR count). The van der Waals surface area contributed by atoms with E-state index in [9.17, 15) is 9.59 Å². The summed E-state index contributed by atoms with van der Waals surface area (Å²) in [5.41, 5.74) is 2.39. The summed E-state index contributed by atoms with van der Waals surface area (Å²) < 4.78 is 4.38. The van der Waals surface area contributed by atoms with Crippen LogP contribution in [0.4, 0.5) is 5.13 Å². The molecular weight excluding hydrogens is 420 g/mol. The molecule has 3 aromatic heterocycles. The van der Waals surface area contributed by atoms with Gasteiger partial charge in [-0.05, 0) is 43.7 Å². The van der Waals surface area contributed by atoms with Crippen molar-refractivity contribution < 1.29 is 4.79 Å². The van der Waals surface area contributed by atoms with Gasteiger partial charge in [-0.1, -0.05) is 29.2 Å². The number of hydrogen-bond donors (Lipinski definition) is 1. The molecule has 4 aromatic rings. The average Bonchev–Trinajstić information content (AvgIpc) is 3.29. The molecular formula is C20H20N6O2S2. The van der Waals surface area contributed by atoms with Crippen LogP contribution < -0.4 is 10.9 Å². The van der Waals surface area contributed by atoms with Crippen molar-refractivity contribution in [2.75, 3.05) is 11.1 Å². The highest BCUT2D eigenvalue weighted by atomic mass is 32.2. The van der Waals surface area contributed by atoms with E-state index in [4.69, 9.17) is 0 Å². The molecule has 0 aliphatic rings. The monoisotopic (exact) mass is 440 g/mol. The number of carbonyl (C=O) groups excluding carboxylic acids is 1. The first-order valence-electron chi connectivity index (χ1n) is 9.35. The van der Waals surface area contributed by atoms with E-state index in [1.54, 1.807) is 28.4 Å². The maximum Gasteiger partial charge on any atom is 0.261 e. The van der Waals surface area contributed by atoms with Gasteiger partial charge in [-0.2, -0.15) is 0 Å². The van der Waals surface area contributed by atoms with Crippen LogP contribution in [0.5, 0.6) is 0 Å². The molecule has 154 valence electrons. The number of rotatable bonds is 6. The van der Waals surface area contributed by atoms with Gasteiger partial charge in [0.25, 0.3) is 5.56 Å². The van der Waals surface area contributed by atoms with Crippen LogP contribution in [0.1, 0.15) is 12.5 Å². The van der Waals surface area contributed by atoms with Crippen molar-refractivity contribution in [1.82, 2.24) is 24.3 Å². The van der Waals surface area contributed by atoms with E-state index in [1.165, 1.54) is 23.1 Å². The molecule has 0 unspecified atom stereocenters. The van der Waals surface area contributed by atoms with Crippen molar-refractivity contribution in [1.29, 1.82) is 0 Å². The van der Waals surface area contributed by atoms with E-state index in [1.807, 2.05) is 32.0 Å². The SMILES string of the molecule is CCn1cccc(-c2nnc(SCC(=O)Nc3nc4ccc(C)cc4s3)n2C)c1=O. The van der Waals surface area contributed by atoms with E-state index in [2.05, 4.69) is 26.6 Å². The molecule has 1 N–H and O–H groups in total. The van der Waals surface area contributed by atoms with E-state index in [-0.39, 0.29) is 17.2 Å². The average molecular weight is 441 g/mol. The normalized spacial score (nSPS) is 11.2. The summed E-state index contributed by atoms with van der Waals surface area (Å²) in [5.74, 6) is 0.468. The summed E-state index contributed by atoms with van der Waals surface area (Å²) in [4.78, 5) is 29.4. The Morgan fingerprint density at radius 3 is 2.90 bits per heavy atom. The summed E-state index contributed by atoms with van der Waals surface area (Å²) in [6, 6.07) is 9.54. The molecule has 1 amide bonds. The standard InChI is InChI=1S/C20H20N6O2S2/c1-4-26-9-5-6-13(18(26)28)17-23-24-20(25(17)3)29-11-16(27)22-19-21-14-8-7-12(2)10-15(14)30-19/h5-10H,4,11H2,1-3H3,(H,21,22,27). The predicted molar refractivity (Wildman–Crippen MR) is 120 cm³/mol. The topological polar surface area (TPSA) is 94.7 Å². The van der Waals surface area contributed by atoms with Gasteiger partial charge in [-0.3, -0.25) is 9.59 Å². The number of aromatic nitrogens is 5. The Kier molecular flexibility index (Phi) is 5.69. The molecule has 0 spiro atoms. The number of aryl methyl sites for hydroxylation is 2. The molecule has 1 aromatic carbocycles. The summed E-state index contributed by atoms with van der Waals surface area (Å²) in [6.07, 6.45) is 1.74. The number of nitrogens with zero attached hydrogens (tertiary/aromatic N) is 5. The lowest BCUT2D eigenvalue weighted by Crippen LogP contribution is -2.20. The van der Waals surface area contributed by atoms with Crippen LogP contribution in [-0.4, -0.2) is 36.0 Å². The van der Waals surface area contributed by atoms with Crippen molar-refractivity contribution in [2.45, 2.75) is 25.5 Å². The minimum Gasteiger partial charge on any atom is -0.315 e. The molecule has 0 fully saturated rings. The fourth-order valence-corrected chi connectivity index (χ4v) is 4.69. The van der Waals surface area contributed by atoms with Crippen LogP contribution in [0.15, 0.2) is 46.5 Å². The van der Waals surface area contributed by atoms with Crippen LogP contribution in [-0.2, 0) is 18.4 Å². The number of thioether (sulfide) groups is 1. The molecule has 0 atom stereocenters. The zero-order valence-corrected chi connectivity index (χ0v) is 18.4. The van der Waals surface area contributed by atoms with Crippen LogP contribution in [0.3, 0.4) is 0 Å². The fraction of sp³-hybridized carbons (Fsp3) is 0.250. The fourth-order valence-electron chi connectivity index (χ4n) is 3.00. The number of carbonyl (C=O) groups is 1. The third-order valence-electron chi connectivity index (χ3n) is 4.56. The summed E-state index contributed by atoms with van der Waals surface area (Å²) in [5, 5.41) is 12.3. The number of benzene rings is 1. The van der Waals surface area contributed by atoms with E-state index < -0.39 is 0 Å². The summed E-state index contributed by atoms with van der Waals surface area (Å²) >= 11 is 2.71. The zero-order chi connectivity index (χ0) is 21.3. The van der Waals surface area contributed by atoms with Crippen LogP contribution in [0.25, 0.3) is 21.6 Å². The zero-order valence-electron chi connectivity index (χ0n) is 16.7. The minimum atomic E-state index is -0.173. The van der Waals surface area contributed by atoms with Crippen molar-refractivity contribution in [2.24, 2.45) is 7.05 Å². The molecule has 3 heterocycles. The Balaban J connectivity index is 1.45. The number of pyridine rings is 1. The molecule has 0 aliphatic heterocycles. The van der Waals surface area contributed by atoms with Crippen molar-refractivity contribution in [3.05, 3.63) is 52.4 Å². The number of amides is 1. The van der Waals surface area contributed by atoms with Gasteiger partial charge >= 0.3 is 0 Å². The third kappa shape index (κ3) is 4.01. The molecule has 8 nitrogen and oxygen atoms in total. The highest BCUT2D eigenvalue weighted by molar-refractivity contribution is 7.99. The van der Waals surface area contributed by atoms with Crippen molar-refractivity contribution >= 4 is 44.4 Å². The number of anilines is 1. The molecule has 0 saturated carbocycles. The van der Waals surface area contributed by atoms with Gasteiger partial charge in [-0.25, -0.2) is 4.98 Å². The predicted octanol–water partition coefficient (Wildman–Crippen LogP) is 3.31. The Morgan fingerprint density at radius 2 is 2.10 bits per heavy atom. The molecule has 0 radical (unpaired) electrons. The second kappa shape index (κ2) is 8.41. The van der Waals surface area contributed by atoms with E-state index in [0.717, 1.165) is 15.8 Å². The second-order valence-electron chi connectivity index (χ2n) is 6.71. The minimum absolute atomic E-state index is 0.115. The van der Waals surface area contributed by atoms with Crippen LogP contribution >= 0.6 is 23.1 Å². The highest BCUT2D eigenvalue weighted by Gasteiger charge is 2.16. The third-order valence-corrected chi connectivity index (χ3v) is 6.51. The molecule has 0 saturated heterocycles. The maximum atomic E-state index is 12.5. The lowest BCUT2D eigenvalue weighted by atomic mass is 10.2. The Morgan fingerprint density at radius 1 is 1.27 bits per heavy atom. The van der Waals surface area contributed by atoms with Gasteiger partial charge in [-0.15, -0.1) is 10.2 Å². The largest absolute Gasteiger partial charge is 0.315 e. The first-order valence-corrected chi connectivity index (χ1v) is 11.2. The highest BCUT2D eigenvalue weighted by Crippen LogP contribution is 2.27. The van der Waals surface area contributed by atoms with Gasteiger partial charge in [0.2, 0.25) is 5.91 Å². The summed E-state index contributed by atoms with van der Waals surface area (Å²) in [6.45, 7) is 4.52. The number of nitrogens with one attached hydrogen (secondary N) is 1. The van der Waals surface area contributed by atoms with Gasteiger partial charge in [0, 0.05) is 19.8 Å². The van der Waals surface area contributed by atoms with Crippen molar-refractivity contribution in [3.63, 3.8) is 0 Å². The molecule has 30 heavy (non-hydrogen) atoms. The first-order chi connectivity index (χ1) is 14.5. The molecule has 0 aliphatic carbocycles.